The molecule has 16 nitrogen and oxygen atoms in total. The van der Waals surface area contributed by atoms with Gasteiger partial charge in [0.15, 0.2) is 0 Å². The molecule has 2 aliphatic carbocycles. The van der Waals surface area contributed by atoms with E-state index in [0.29, 0.717) is 43.9 Å². The van der Waals surface area contributed by atoms with E-state index in [2.05, 4.69) is 41.0 Å². The van der Waals surface area contributed by atoms with E-state index in [0.717, 1.165) is 30.6 Å². The van der Waals surface area contributed by atoms with E-state index in [1.807, 2.05) is 37.3 Å². The van der Waals surface area contributed by atoms with Crippen LogP contribution in [0.2, 0.25) is 0 Å². The molecule has 3 N–H and O–H groups in total. The van der Waals surface area contributed by atoms with E-state index in [-0.39, 0.29) is 49.5 Å². The lowest BCUT2D eigenvalue weighted by molar-refractivity contribution is -0.142. The van der Waals surface area contributed by atoms with Crippen LogP contribution >= 0.6 is 0 Å². The fourth-order valence-corrected chi connectivity index (χ4v) is 10.9. The highest BCUT2D eigenvalue weighted by Crippen LogP contribution is 2.48. The highest BCUT2D eigenvalue weighted by Gasteiger charge is 2.63. The fraction of sp³-hybridized carbons (Fsp3) is 0.711. The summed E-state index contributed by atoms with van der Waals surface area (Å²) in [5, 5.41) is 5.79. The molecule has 1 aromatic rings. The second kappa shape index (κ2) is 17.4. The summed E-state index contributed by atoms with van der Waals surface area (Å²) in [6, 6.07) is 3.51. The maximum absolute atomic E-state index is 15.0. The molecular formula is C45H66N6O10S. The van der Waals surface area contributed by atoms with Crippen molar-refractivity contribution in [3.63, 3.8) is 0 Å². The van der Waals surface area contributed by atoms with Gasteiger partial charge in [0.05, 0.1) is 43.2 Å². The third kappa shape index (κ3) is 9.79. The van der Waals surface area contributed by atoms with Gasteiger partial charge in [0.25, 0.3) is 5.91 Å². The van der Waals surface area contributed by atoms with Crippen LogP contribution in [0.25, 0.3) is 0 Å². The number of hydrogen-bond donors (Lipinski definition) is 3. The molecule has 17 heteroatoms. The van der Waals surface area contributed by atoms with Gasteiger partial charge >= 0.3 is 6.09 Å². The first-order chi connectivity index (χ1) is 29.1. The maximum Gasteiger partial charge on any atom is 0.408 e. The number of alkyl carbamates (subject to hydrolysis) is 1. The van der Waals surface area contributed by atoms with Crippen LogP contribution in [-0.2, 0) is 38.6 Å². The number of benzene rings is 1. The first kappa shape index (κ1) is 45.8. The van der Waals surface area contributed by atoms with Crippen molar-refractivity contribution in [2.24, 2.45) is 22.7 Å². The van der Waals surface area contributed by atoms with Gasteiger partial charge in [-0.3, -0.25) is 24.0 Å². The van der Waals surface area contributed by atoms with Gasteiger partial charge in [0, 0.05) is 31.0 Å². The zero-order chi connectivity index (χ0) is 44.9. The summed E-state index contributed by atoms with van der Waals surface area (Å²) in [5.74, 6) is -1.50. The summed E-state index contributed by atoms with van der Waals surface area (Å²) in [5.41, 5.74) is -0.613. The molecule has 62 heavy (non-hydrogen) atoms. The standard InChI is InChI=1S/C45H66N6O10S/c1-26-12-10-11-13-30-21-45(30,41(54)49-62(56,57)44(8)16-17-44)48-38(52)35-20-32(25-51(35)40(53)37(27(2)18-26)47-42(55)61-43(5,6)7)60-39-33-15-14-31(58-9)19-34(33)36(22-46-39)50-23-28(3)59-29(4)24-50/h11,13-15,19,26-30,32,35-37H,10,12,16-18,20-25H2,1-9H3,(H,47,55)(H,48,52)(H,49,54)/b13-11-/t26-,27-,28?,29?,30-,32?,35+,36?,37+,45-/m1/s1. The van der Waals surface area contributed by atoms with Gasteiger partial charge in [-0.1, -0.05) is 26.0 Å². The van der Waals surface area contributed by atoms with Crippen molar-refractivity contribution in [3.8, 4) is 5.75 Å². The Balaban J connectivity index is 1.21. The lowest BCUT2D eigenvalue weighted by Gasteiger charge is -2.41. The van der Waals surface area contributed by atoms with Crippen molar-refractivity contribution in [1.29, 1.82) is 0 Å². The molecule has 2 saturated heterocycles. The zero-order valence-electron chi connectivity index (χ0n) is 37.7. The molecule has 4 amide bonds. The Hall–Kier alpha value is -4.22. The van der Waals surface area contributed by atoms with Gasteiger partial charge in [-0.25, -0.2) is 18.2 Å². The topological polar surface area (TPSA) is 194 Å². The second-order valence-corrected chi connectivity index (χ2v) is 22.1. The molecule has 7 rings (SSSR count). The van der Waals surface area contributed by atoms with E-state index < -0.39 is 73.8 Å². The summed E-state index contributed by atoms with van der Waals surface area (Å²) in [6.45, 7) is 16.8. The van der Waals surface area contributed by atoms with Crippen molar-refractivity contribution in [2.45, 2.75) is 153 Å². The number of nitrogens with zero attached hydrogens (tertiary/aromatic N) is 3. The molecule has 0 radical (unpaired) electrons. The Labute approximate surface area is 366 Å². The highest BCUT2D eigenvalue weighted by atomic mass is 32.2. The molecule has 0 aromatic heterocycles. The smallest absolute Gasteiger partial charge is 0.408 e. The van der Waals surface area contributed by atoms with E-state index in [4.69, 9.17) is 23.9 Å². The number of rotatable bonds is 7. The van der Waals surface area contributed by atoms with E-state index in [1.165, 1.54) is 4.90 Å². The number of ether oxygens (including phenoxy) is 4. The van der Waals surface area contributed by atoms with Crippen LogP contribution < -0.4 is 20.1 Å². The van der Waals surface area contributed by atoms with E-state index >= 15 is 4.79 Å². The van der Waals surface area contributed by atoms with Crippen molar-refractivity contribution in [1.82, 2.24) is 25.2 Å². The number of fused-ring (bicyclic) bond motifs is 3. The number of aliphatic imine (C=N–C) groups is 1. The summed E-state index contributed by atoms with van der Waals surface area (Å²) < 4.78 is 51.9. The Bertz CT molecular complexity index is 2070. The molecule has 0 spiro atoms. The maximum atomic E-state index is 15.0. The van der Waals surface area contributed by atoms with E-state index in [1.54, 1.807) is 34.8 Å². The molecule has 4 fully saturated rings. The summed E-state index contributed by atoms with van der Waals surface area (Å²) in [6.07, 6.45) is 5.61. The molecule has 1 aromatic carbocycles. The molecule has 4 unspecified atom stereocenters. The van der Waals surface area contributed by atoms with Crippen molar-refractivity contribution >= 4 is 39.7 Å². The molecule has 2 saturated carbocycles. The Kier molecular flexibility index (Phi) is 12.8. The van der Waals surface area contributed by atoms with Crippen LogP contribution in [-0.4, -0.2) is 128 Å². The number of sulfonamides is 1. The number of nitrogens with one attached hydrogen (secondary N) is 3. The number of methoxy groups -OCH3 is 1. The minimum absolute atomic E-state index is 0.0205. The SMILES string of the molecule is COc1ccc2c(c1)C(N1CC(C)OC(C)C1)CN=C2OC1C[C@H]2C(=O)N[C@]3(C(=O)NS(=O)(=O)C4(C)CC4)C[C@H]3/C=C\CC[C@@H](C)C[C@@H](C)[C@H](NC(=O)OC(C)(C)C)C(=O)N2C1. The largest absolute Gasteiger partial charge is 0.497 e. The third-order valence-corrected chi connectivity index (χ3v) is 15.5. The summed E-state index contributed by atoms with van der Waals surface area (Å²) in [7, 11) is -2.39. The minimum atomic E-state index is -4.01. The first-order valence-corrected chi connectivity index (χ1v) is 23.7. The lowest BCUT2D eigenvalue weighted by Crippen LogP contribution is -2.59. The van der Waals surface area contributed by atoms with Crippen LogP contribution in [0.5, 0.6) is 5.75 Å². The lowest BCUT2D eigenvalue weighted by atomic mass is 9.88. The number of carbonyl (C=O) groups excluding carboxylic acids is 4. The van der Waals surface area contributed by atoms with Gasteiger partial charge < -0.3 is 34.5 Å². The van der Waals surface area contributed by atoms with Gasteiger partial charge in [-0.05, 0) is 116 Å². The summed E-state index contributed by atoms with van der Waals surface area (Å²) >= 11 is 0. The number of hydrogen-bond acceptors (Lipinski definition) is 12. The molecule has 342 valence electrons. The van der Waals surface area contributed by atoms with E-state index in [9.17, 15) is 22.8 Å². The number of allylic oxidation sites excluding steroid dienone is 1. The fourth-order valence-electron chi connectivity index (χ4n) is 9.57. The predicted octanol–water partition coefficient (Wildman–Crippen LogP) is 4.37. The van der Waals surface area contributed by atoms with Gasteiger partial charge in [-0.15, -0.1) is 0 Å². The zero-order valence-corrected chi connectivity index (χ0v) is 38.5. The average molecular weight is 883 g/mol. The number of morpholine rings is 1. The molecule has 0 bridgehead atoms. The van der Waals surface area contributed by atoms with Crippen LogP contribution in [0.4, 0.5) is 4.79 Å². The highest BCUT2D eigenvalue weighted by molar-refractivity contribution is 7.91. The van der Waals surface area contributed by atoms with Crippen LogP contribution in [0, 0.1) is 17.8 Å². The first-order valence-electron chi connectivity index (χ1n) is 22.3. The van der Waals surface area contributed by atoms with Crippen LogP contribution in [0.3, 0.4) is 0 Å². The molecular weight excluding hydrogens is 817 g/mol. The Morgan fingerprint density at radius 1 is 1.02 bits per heavy atom. The molecule has 4 aliphatic heterocycles. The van der Waals surface area contributed by atoms with Gasteiger partial charge in [0.2, 0.25) is 27.7 Å². The van der Waals surface area contributed by atoms with Crippen molar-refractivity contribution in [2.75, 3.05) is 33.3 Å². The Morgan fingerprint density at radius 3 is 2.39 bits per heavy atom. The third-order valence-electron chi connectivity index (χ3n) is 13.3. The second-order valence-electron chi connectivity index (χ2n) is 19.9. The van der Waals surface area contributed by atoms with Gasteiger partial charge in [-0.2, -0.15) is 0 Å². The number of carbonyl (C=O) groups is 4. The average Bonchev–Trinajstić information content (AvgIpc) is 4.07. The van der Waals surface area contributed by atoms with Crippen LogP contribution in [0.15, 0.2) is 35.3 Å². The van der Waals surface area contributed by atoms with Crippen LogP contribution in [0.1, 0.15) is 118 Å². The Morgan fingerprint density at radius 2 is 1.73 bits per heavy atom. The van der Waals surface area contributed by atoms with Crippen molar-refractivity contribution in [3.05, 3.63) is 41.5 Å². The summed E-state index contributed by atoms with van der Waals surface area (Å²) in [4.78, 5) is 65.9. The predicted molar refractivity (Wildman–Crippen MR) is 232 cm³/mol. The monoisotopic (exact) mass is 882 g/mol. The molecule has 6 aliphatic rings. The van der Waals surface area contributed by atoms with Gasteiger partial charge in [0.1, 0.15) is 35.1 Å². The number of amides is 4. The normalized spacial score (nSPS) is 34.4. The van der Waals surface area contributed by atoms with Crippen molar-refractivity contribution < 1.29 is 46.5 Å². The molecule has 4 heterocycles. The molecule has 10 atom stereocenters. The minimum Gasteiger partial charge on any atom is -0.497 e. The quantitative estimate of drug-likeness (QED) is 0.330.